The van der Waals surface area contributed by atoms with Crippen molar-refractivity contribution < 1.29 is 14.3 Å². The Morgan fingerprint density at radius 2 is 2.00 bits per heavy atom. The molecule has 110 valence electrons. The van der Waals surface area contributed by atoms with Gasteiger partial charge in [0, 0.05) is 6.04 Å². The summed E-state index contributed by atoms with van der Waals surface area (Å²) in [6.07, 6.45) is 2.57. The molecule has 0 bridgehead atoms. The third-order valence-electron chi connectivity index (χ3n) is 3.87. The smallest absolute Gasteiger partial charge is 0.236 e. The zero-order valence-electron chi connectivity index (χ0n) is 12.0. The summed E-state index contributed by atoms with van der Waals surface area (Å²) in [7, 11) is 2.98. The lowest BCUT2D eigenvalue weighted by molar-refractivity contribution is -0.125. The molecule has 0 aliphatic heterocycles. The molecule has 1 aromatic rings. The van der Waals surface area contributed by atoms with Crippen molar-refractivity contribution in [2.75, 3.05) is 19.5 Å². The van der Waals surface area contributed by atoms with Crippen LogP contribution in [-0.4, -0.2) is 36.1 Å². The third-order valence-corrected chi connectivity index (χ3v) is 3.87. The average Bonchev–Trinajstić information content (AvgIpc) is 2.79. The normalized spacial score (nSPS) is 25.3. The zero-order chi connectivity index (χ0) is 14.8. The Hall–Kier alpha value is -1.89. The van der Waals surface area contributed by atoms with Crippen molar-refractivity contribution in [1.82, 2.24) is 9.97 Å². The number of rotatable bonds is 4. The maximum Gasteiger partial charge on any atom is 0.236 e. The lowest BCUT2D eigenvalue weighted by atomic mass is 9.84. The molecule has 0 aromatic carbocycles. The molecule has 7 nitrogen and oxygen atoms in total. The van der Waals surface area contributed by atoms with Crippen molar-refractivity contribution in [3.8, 4) is 11.8 Å². The first-order valence-electron chi connectivity index (χ1n) is 6.53. The van der Waals surface area contributed by atoms with Gasteiger partial charge in [-0.1, -0.05) is 6.42 Å². The van der Waals surface area contributed by atoms with E-state index in [0.717, 1.165) is 19.3 Å². The summed E-state index contributed by atoms with van der Waals surface area (Å²) in [6, 6.07) is 1.40. The summed E-state index contributed by atoms with van der Waals surface area (Å²) in [5.74, 6) is 0.644. The monoisotopic (exact) mass is 280 g/mol. The summed E-state index contributed by atoms with van der Waals surface area (Å²) in [5, 5.41) is 2.70. The van der Waals surface area contributed by atoms with Crippen molar-refractivity contribution in [3.05, 3.63) is 6.07 Å². The van der Waals surface area contributed by atoms with Crippen LogP contribution in [0, 0.1) is 5.41 Å². The van der Waals surface area contributed by atoms with Gasteiger partial charge < -0.3 is 15.2 Å². The predicted octanol–water partition coefficient (Wildman–Crippen LogP) is 0.950. The number of methoxy groups -OCH3 is 2. The van der Waals surface area contributed by atoms with Crippen molar-refractivity contribution >= 4 is 11.9 Å². The molecule has 0 saturated heterocycles. The van der Waals surface area contributed by atoms with Gasteiger partial charge in [-0.05, 0) is 19.8 Å². The zero-order valence-corrected chi connectivity index (χ0v) is 12.0. The van der Waals surface area contributed by atoms with E-state index in [4.69, 9.17) is 15.2 Å². The van der Waals surface area contributed by atoms with Crippen molar-refractivity contribution in [2.24, 2.45) is 11.1 Å². The molecular formula is C13H20N4O3. The van der Waals surface area contributed by atoms with E-state index < -0.39 is 5.41 Å². The fourth-order valence-corrected chi connectivity index (χ4v) is 2.39. The van der Waals surface area contributed by atoms with Crippen molar-refractivity contribution in [2.45, 2.75) is 32.2 Å². The Morgan fingerprint density at radius 1 is 1.40 bits per heavy atom. The maximum absolute atomic E-state index is 12.4. The van der Waals surface area contributed by atoms with Crippen LogP contribution in [0.1, 0.15) is 26.2 Å². The molecule has 0 radical (unpaired) electrons. The quantitative estimate of drug-likeness (QED) is 0.852. The number of carbonyl (C=O) groups is 1. The van der Waals surface area contributed by atoms with Crippen molar-refractivity contribution in [3.63, 3.8) is 0 Å². The van der Waals surface area contributed by atoms with Gasteiger partial charge in [-0.2, -0.15) is 9.97 Å². The summed E-state index contributed by atoms with van der Waals surface area (Å²) < 4.78 is 10.1. The van der Waals surface area contributed by atoms with Crippen LogP contribution in [0.5, 0.6) is 11.8 Å². The molecule has 1 fully saturated rings. The number of nitrogens with zero attached hydrogens (tertiary/aromatic N) is 2. The van der Waals surface area contributed by atoms with E-state index in [9.17, 15) is 4.79 Å². The highest BCUT2D eigenvalue weighted by molar-refractivity contribution is 5.94. The van der Waals surface area contributed by atoms with E-state index in [0.29, 0.717) is 11.8 Å². The van der Waals surface area contributed by atoms with E-state index in [1.54, 1.807) is 6.07 Å². The Bertz CT molecular complexity index is 486. The standard InChI is InChI=1S/C13H20N4O3/c1-13(6-4-5-8(13)14)11(18)17-12-15-9(19-2)7-10(16-12)20-3/h7-8H,4-6,14H2,1-3H3,(H,15,16,17,18). The van der Waals surface area contributed by atoms with Crippen molar-refractivity contribution in [1.29, 1.82) is 0 Å². The van der Waals surface area contributed by atoms with Crippen LogP contribution in [0.25, 0.3) is 0 Å². The average molecular weight is 280 g/mol. The first-order valence-corrected chi connectivity index (χ1v) is 6.53. The van der Waals surface area contributed by atoms with Gasteiger partial charge in [0.1, 0.15) is 0 Å². The van der Waals surface area contributed by atoms with Gasteiger partial charge in [0.25, 0.3) is 0 Å². The molecule has 2 rings (SSSR count). The van der Waals surface area contributed by atoms with Gasteiger partial charge in [-0.3, -0.25) is 10.1 Å². The molecule has 1 aliphatic carbocycles. The Labute approximate surface area is 117 Å². The number of amides is 1. The molecule has 1 amide bonds. The summed E-state index contributed by atoms with van der Waals surface area (Å²) >= 11 is 0. The molecule has 20 heavy (non-hydrogen) atoms. The number of hydrogen-bond donors (Lipinski definition) is 2. The second-order valence-corrected chi connectivity index (χ2v) is 5.15. The Kier molecular flexibility index (Phi) is 4.08. The SMILES string of the molecule is COc1cc(OC)nc(NC(=O)C2(C)CCCC2N)n1. The second kappa shape index (κ2) is 5.62. The molecule has 2 atom stereocenters. The Morgan fingerprint density at radius 3 is 2.45 bits per heavy atom. The van der Waals surface area contributed by atoms with E-state index in [1.807, 2.05) is 6.92 Å². The van der Waals surface area contributed by atoms with Gasteiger partial charge in [-0.25, -0.2) is 0 Å². The topological polar surface area (TPSA) is 99.4 Å². The highest BCUT2D eigenvalue weighted by Crippen LogP contribution is 2.37. The van der Waals surface area contributed by atoms with E-state index >= 15 is 0 Å². The lowest BCUT2D eigenvalue weighted by Gasteiger charge is -2.27. The summed E-state index contributed by atoms with van der Waals surface area (Å²) in [5.41, 5.74) is 5.45. The maximum atomic E-state index is 12.4. The minimum Gasteiger partial charge on any atom is -0.481 e. The van der Waals surface area contributed by atoms with Gasteiger partial charge in [0.2, 0.25) is 23.6 Å². The van der Waals surface area contributed by atoms with Gasteiger partial charge >= 0.3 is 0 Å². The third kappa shape index (κ3) is 2.67. The number of anilines is 1. The highest BCUT2D eigenvalue weighted by atomic mass is 16.5. The van der Waals surface area contributed by atoms with E-state index in [1.165, 1.54) is 14.2 Å². The Balaban J connectivity index is 2.19. The van der Waals surface area contributed by atoms with E-state index in [-0.39, 0.29) is 17.9 Å². The fourth-order valence-electron chi connectivity index (χ4n) is 2.39. The molecule has 1 aliphatic rings. The molecule has 1 saturated carbocycles. The lowest BCUT2D eigenvalue weighted by Crippen LogP contribution is -2.44. The van der Waals surface area contributed by atoms with Gasteiger partial charge in [-0.15, -0.1) is 0 Å². The first kappa shape index (κ1) is 14.5. The second-order valence-electron chi connectivity index (χ2n) is 5.15. The predicted molar refractivity (Wildman–Crippen MR) is 73.7 cm³/mol. The molecule has 1 aromatic heterocycles. The highest BCUT2D eigenvalue weighted by Gasteiger charge is 2.43. The molecular weight excluding hydrogens is 260 g/mol. The largest absolute Gasteiger partial charge is 0.481 e. The molecule has 0 spiro atoms. The van der Waals surface area contributed by atoms with Gasteiger partial charge in [0.05, 0.1) is 25.7 Å². The number of hydrogen-bond acceptors (Lipinski definition) is 6. The first-order chi connectivity index (χ1) is 9.49. The van der Waals surface area contributed by atoms with Crippen LogP contribution in [0.4, 0.5) is 5.95 Å². The van der Waals surface area contributed by atoms with Crippen LogP contribution in [-0.2, 0) is 4.79 Å². The van der Waals surface area contributed by atoms with Crippen LogP contribution < -0.4 is 20.5 Å². The van der Waals surface area contributed by atoms with Crippen LogP contribution >= 0.6 is 0 Å². The molecule has 1 heterocycles. The number of nitrogens with one attached hydrogen (secondary N) is 1. The number of carbonyl (C=O) groups excluding carboxylic acids is 1. The number of nitrogens with two attached hydrogens (primary N) is 1. The van der Waals surface area contributed by atoms with Crippen LogP contribution in [0.2, 0.25) is 0 Å². The van der Waals surface area contributed by atoms with E-state index in [2.05, 4.69) is 15.3 Å². The fraction of sp³-hybridized carbons (Fsp3) is 0.615. The van der Waals surface area contributed by atoms with Crippen LogP contribution in [0.3, 0.4) is 0 Å². The molecule has 2 unspecified atom stereocenters. The molecule has 7 heteroatoms. The van der Waals surface area contributed by atoms with Crippen LogP contribution in [0.15, 0.2) is 6.07 Å². The van der Waals surface area contributed by atoms with Gasteiger partial charge in [0.15, 0.2) is 0 Å². The summed E-state index contributed by atoms with van der Waals surface area (Å²) in [6.45, 7) is 1.87. The minimum absolute atomic E-state index is 0.144. The number of aromatic nitrogens is 2. The number of ether oxygens (including phenoxy) is 2. The summed E-state index contributed by atoms with van der Waals surface area (Å²) in [4.78, 5) is 20.6. The minimum atomic E-state index is -0.584. The molecule has 3 N–H and O–H groups in total.